The van der Waals surface area contributed by atoms with Gasteiger partial charge in [0.15, 0.2) is 5.76 Å². The molecule has 3 amide bonds. The van der Waals surface area contributed by atoms with Crippen LogP contribution in [0.15, 0.2) is 22.8 Å². The maximum absolute atomic E-state index is 11.5. The first-order valence-corrected chi connectivity index (χ1v) is 6.62. The van der Waals surface area contributed by atoms with Crippen molar-refractivity contribution in [3.05, 3.63) is 24.2 Å². The molecule has 1 heterocycles. The SMILES string of the molecule is O=C(NCCNC(=O)c1ccco1)NC1CCCC1. The van der Waals surface area contributed by atoms with E-state index in [9.17, 15) is 9.59 Å². The second kappa shape index (κ2) is 6.82. The molecule has 2 rings (SSSR count). The maximum Gasteiger partial charge on any atom is 0.315 e. The molecule has 0 spiro atoms. The van der Waals surface area contributed by atoms with Crippen LogP contribution in [0, 0.1) is 0 Å². The number of carbonyl (C=O) groups is 2. The van der Waals surface area contributed by atoms with Crippen molar-refractivity contribution in [1.29, 1.82) is 0 Å². The summed E-state index contributed by atoms with van der Waals surface area (Å²) in [7, 11) is 0. The average Bonchev–Trinajstić information content (AvgIpc) is 3.06. The summed E-state index contributed by atoms with van der Waals surface area (Å²) in [5, 5.41) is 8.29. The van der Waals surface area contributed by atoms with E-state index in [0.29, 0.717) is 19.1 Å². The van der Waals surface area contributed by atoms with Crippen LogP contribution in [0.1, 0.15) is 36.2 Å². The zero-order chi connectivity index (χ0) is 13.5. The van der Waals surface area contributed by atoms with Gasteiger partial charge in [0.05, 0.1) is 6.26 Å². The molecule has 19 heavy (non-hydrogen) atoms. The molecule has 0 saturated heterocycles. The Kier molecular flexibility index (Phi) is 4.83. The molecule has 1 aromatic rings. The maximum atomic E-state index is 11.5. The zero-order valence-electron chi connectivity index (χ0n) is 10.8. The van der Waals surface area contributed by atoms with Gasteiger partial charge in [0.1, 0.15) is 0 Å². The number of nitrogens with one attached hydrogen (secondary N) is 3. The molecule has 1 aliphatic rings. The summed E-state index contributed by atoms with van der Waals surface area (Å²) in [6, 6.07) is 3.38. The number of amides is 3. The summed E-state index contributed by atoms with van der Waals surface area (Å²) in [4.78, 5) is 23.0. The van der Waals surface area contributed by atoms with Gasteiger partial charge in [-0.3, -0.25) is 4.79 Å². The molecule has 3 N–H and O–H groups in total. The molecule has 0 bridgehead atoms. The summed E-state index contributed by atoms with van der Waals surface area (Å²) >= 11 is 0. The van der Waals surface area contributed by atoms with E-state index in [4.69, 9.17) is 4.42 Å². The Bertz CT molecular complexity index is 411. The molecule has 1 aliphatic carbocycles. The van der Waals surface area contributed by atoms with E-state index in [0.717, 1.165) is 12.8 Å². The molecule has 6 heteroatoms. The van der Waals surface area contributed by atoms with Gasteiger partial charge in [-0.05, 0) is 25.0 Å². The van der Waals surface area contributed by atoms with Gasteiger partial charge in [-0.1, -0.05) is 12.8 Å². The van der Waals surface area contributed by atoms with E-state index in [2.05, 4.69) is 16.0 Å². The zero-order valence-corrected chi connectivity index (χ0v) is 10.8. The molecule has 104 valence electrons. The molecule has 0 aromatic carbocycles. The Balaban J connectivity index is 1.56. The molecule has 0 aliphatic heterocycles. The van der Waals surface area contributed by atoms with Gasteiger partial charge >= 0.3 is 6.03 Å². The second-order valence-electron chi connectivity index (χ2n) is 4.61. The summed E-state index contributed by atoms with van der Waals surface area (Å²) < 4.78 is 4.95. The van der Waals surface area contributed by atoms with E-state index in [1.807, 2.05) is 0 Å². The summed E-state index contributed by atoms with van der Waals surface area (Å²) in [6.45, 7) is 0.766. The fourth-order valence-electron chi connectivity index (χ4n) is 2.15. The molecule has 0 radical (unpaired) electrons. The standard InChI is InChI=1S/C13H19N3O3/c17-12(11-6-3-9-19-11)14-7-8-15-13(18)16-10-4-1-2-5-10/h3,6,9-10H,1-2,4-5,7-8H2,(H,14,17)(H2,15,16,18). The monoisotopic (exact) mass is 265 g/mol. The first-order chi connectivity index (χ1) is 9.25. The molecular formula is C13H19N3O3. The highest BCUT2D eigenvalue weighted by Crippen LogP contribution is 2.17. The minimum Gasteiger partial charge on any atom is -0.459 e. The van der Waals surface area contributed by atoms with Gasteiger partial charge in [0.2, 0.25) is 0 Å². The Morgan fingerprint density at radius 1 is 1.21 bits per heavy atom. The fraction of sp³-hybridized carbons (Fsp3) is 0.538. The van der Waals surface area contributed by atoms with Gasteiger partial charge in [0, 0.05) is 19.1 Å². The van der Waals surface area contributed by atoms with Crippen LogP contribution in [0.3, 0.4) is 0 Å². The van der Waals surface area contributed by atoms with Crippen molar-refractivity contribution in [1.82, 2.24) is 16.0 Å². The van der Waals surface area contributed by atoms with Crippen molar-refractivity contribution in [2.24, 2.45) is 0 Å². The molecular weight excluding hydrogens is 246 g/mol. The Labute approximate surface area is 111 Å². The predicted molar refractivity (Wildman–Crippen MR) is 69.8 cm³/mol. The van der Waals surface area contributed by atoms with Gasteiger partial charge in [-0.15, -0.1) is 0 Å². The van der Waals surface area contributed by atoms with Crippen molar-refractivity contribution in [3.8, 4) is 0 Å². The lowest BCUT2D eigenvalue weighted by molar-refractivity contribution is 0.0926. The van der Waals surface area contributed by atoms with Crippen LogP contribution in [0.5, 0.6) is 0 Å². The van der Waals surface area contributed by atoms with E-state index >= 15 is 0 Å². The Morgan fingerprint density at radius 3 is 2.63 bits per heavy atom. The van der Waals surface area contributed by atoms with Crippen molar-refractivity contribution in [3.63, 3.8) is 0 Å². The smallest absolute Gasteiger partial charge is 0.315 e. The number of hydrogen-bond donors (Lipinski definition) is 3. The van der Waals surface area contributed by atoms with Gasteiger partial charge in [-0.2, -0.15) is 0 Å². The van der Waals surface area contributed by atoms with Crippen LogP contribution < -0.4 is 16.0 Å². The van der Waals surface area contributed by atoms with Crippen molar-refractivity contribution < 1.29 is 14.0 Å². The summed E-state index contributed by atoms with van der Waals surface area (Å²) in [5.74, 6) is -0.00147. The van der Waals surface area contributed by atoms with Crippen LogP contribution in [0.2, 0.25) is 0 Å². The third kappa shape index (κ3) is 4.31. The van der Waals surface area contributed by atoms with Crippen LogP contribution >= 0.6 is 0 Å². The topological polar surface area (TPSA) is 83.4 Å². The van der Waals surface area contributed by atoms with Gasteiger partial charge in [0.25, 0.3) is 5.91 Å². The van der Waals surface area contributed by atoms with E-state index in [1.54, 1.807) is 12.1 Å². The van der Waals surface area contributed by atoms with Crippen LogP contribution in [0.4, 0.5) is 4.79 Å². The number of urea groups is 1. The van der Waals surface area contributed by atoms with Crippen LogP contribution in [0.25, 0.3) is 0 Å². The molecule has 1 saturated carbocycles. The summed E-state index contributed by atoms with van der Waals surface area (Å²) in [6.07, 6.45) is 5.93. The number of rotatable bonds is 5. The first kappa shape index (κ1) is 13.5. The predicted octanol–water partition coefficient (Wildman–Crippen LogP) is 1.25. The molecule has 6 nitrogen and oxygen atoms in total. The largest absolute Gasteiger partial charge is 0.459 e. The van der Waals surface area contributed by atoms with E-state index < -0.39 is 0 Å². The highest BCUT2D eigenvalue weighted by molar-refractivity contribution is 5.91. The van der Waals surface area contributed by atoms with E-state index in [-0.39, 0.29) is 17.7 Å². The molecule has 1 fully saturated rings. The van der Waals surface area contributed by atoms with Gasteiger partial charge < -0.3 is 20.4 Å². The second-order valence-corrected chi connectivity index (χ2v) is 4.61. The third-order valence-corrected chi connectivity index (χ3v) is 3.13. The Hall–Kier alpha value is -1.98. The quantitative estimate of drug-likeness (QED) is 0.701. The number of furan rings is 1. The highest BCUT2D eigenvalue weighted by Gasteiger charge is 2.16. The minimum atomic E-state index is -0.275. The number of carbonyl (C=O) groups excluding carboxylic acids is 2. The van der Waals surface area contributed by atoms with Gasteiger partial charge in [-0.25, -0.2) is 4.79 Å². The lowest BCUT2D eigenvalue weighted by atomic mass is 10.2. The third-order valence-electron chi connectivity index (χ3n) is 3.13. The van der Waals surface area contributed by atoms with E-state index in [1.165, 1.54) is 19.1 Å². The lowest BCUT2D eigenvalue weighted by Crippen LogP contribution is -2.43. The van der Waals surface area contributed by atoms with Crippen molar-refractivity contribution in [2.45, 2.75) is 31.7 Å². The normalized spacial score (nSPS) is 15.2. The van der Waals surface area contributed by atoms with Crippen LogP contribution in [-0.4, -0.2) is 31.1 Å². The summed E-state index contributed by atoms with van der Waals surface area (Å²) in [5.41, 5.74) is 0. The minimum absolute atomic E-state index is 0.167. The number of hydrogen-bond acceptors (Lipinski definition) is 3. The average molecular weight is 265 g/mol. The highest BCUT2D eigenvalue weighted by atomic mass is 16.3. The van der Waals surface area contributed by atoms with Crippen molar-refractivity contribution >= 4 is 11.9 Å². The van der Waals surface area contributed by atoms with Crippen LogP contribution in [-0.2, 0) is 0 Å². The molecule has 0 atom stereocenters. The first-order valence-electron chi connectivity index (χ1n) is 6.62. The Morgan fingerprint density at radius 2 is 1.95 bits per heavy atom. The van der Waals surface area contributed by atoms with Crippen molar-refractivity contribution in [2.75, 3.05) is 13.1 Å². The molecule has 1 aromatic heterocycles. The lowest BCUT2D eigenvalue weighted by Gasteiger charge is -2.12. The molecule has 0 unspecified atom stereocenters. The fourth-order valence-corrected chi connectivity index (χ4v) is 2.15.